The molecule has 1 rings (SSSR count). The van der Waals surface area contributed by atoms with Crippen LogP contribution in [0.5, 0.6) is 0 Å². The summed E-state index contributed by atoms with van der Waals surface area (Å²) in [4.78, 5) is 3.65. The lowest BCUT2D eigenvalue weighted by Crippen LogP contribution is -1.86. The Hall–Kier alpha value is -0.340. The Bertz CT molecular complexity index is 235. The van der Waals surface area contributed by atoms with Crippen molar-refractivity contribution in [3.05, 3.63) is 27.8 Å². The predicted octanol–water partition coefficient (Wildman–Crippen LogP) is 2.84. The number of halogens is 3. The summed E-state index contributed by atoms with van der Waals surface area (Å²) in [5.41, 5.74) is 0.535. The van der Waals surface area contributed by atoms with Crippen LogP contribution >= 0.6 is 23.2 Å². The minimum atomic E-state index is -0.586. The van der Waals surface area contributed by atoms with Gasteiger partial charge in [-0.1, -0.05) is 23.2 Å². The van der Waals surface area contributed by atoms with Crippen LogP contribution in [0.4, 0.5) is 4.39 Å². The van der Waals surface area contributed by atoms with E-state index in [0.717, 1.165) is 6.20 Å². The maximum atomic E-state index is 12.5. The van der Waals surface area contributed by atoms with Crippen LogP contribution < -0.4 is 0 Å². The lowest BCUT2D eigenvalue weighted by Gasteiger charge is -1.98. The molecule has 0 aliphatic carbocycles. The molecule has 10 heavy (non-hydrogen) atoms. The highest BCUT2D eigenvalue weighted by atomic mass is 35.5. The van der Waals surface area contributed by atoms with Crippen LogP contribution in [-0.2, 0) is 0 Å². The lowest BCUT2D eigenvalue weighted by atomic mass is 10.4. The number of nitrogens with zero attached hydrogens (tertiary/aromatic N) is 1. The zero-order chi connectivity index (χ0) is 7.72. The summed E-state index contributed by atoms with van der Waals surface area (Å²) in [5.74, 6) is -0.586. The van der Waals surface area contributed by atoms with Crippen LogP contribution in [0.15, 0.2) is 6.20 Å². The average molecular weight is 180 g/mol. The molecule has 0 aromatic carbocycles. The lowest BCUT2D eigenvalue weighted by molar-refractivity contribution is 0.621. The number of hydrogen-bond donors (Lipinski definition) is 0. The van der Waals surface area contributed by atoms with Crippen LogP contribution in [0.2, 0.25) is 10.0 Å². The third-order valence-electron chi connectivity index (χ3n) is 1.09. The van der Waals surface area contributed by atoms with Crippen molar-refractivity contribution in [1.29, 1.82) is 0 Å². The molecule has 0 N–H and O–H groups in total. The molecule has 0 aliphatic rings. The number of hydrogen-bond acceptors (Lipinski definition) is 1. The van der Waals surface area contributed by atoms with Crippen molar-refractivity contribution >= 4 is 23.2 Å². The van der Waals surface area contributed by atoms with E-state index < -0.39 is 5.82 Å². The largest absolute Gasteiger partial charge is 0.257 e. The first-order valence-corrected chi connectivity index (χ1v) is 3.34. The molecule has 0 spiro atoms. The summed E-state index contributed by atoms with van der Waals surface area (Å²) < 4.78 is 12.5. The molecule has 4 heteroatoms. The summed E-state index contributed by atoms with van der Waals surface area (Å²) in [7, 11) is 0. The van der Waals surface area contributed by atoms with Gasteiger partial charge in [0.05, 0.1) is 21.9 Å². The second-order valence-electron chi connectivity index (χ2n) is 1.82. The molecule has 1 heterocycles. The summed E-state index contributed by atoms with van der Waals surface area (Å²) in [6.07, 6.45) is 1.05. The summed E-state index contributed by atoms with van der Waals surface area (Å²) >= 11 is 11.0. The van der Waals surface area contributed by atoms with E-state index >= 15 is 0 Å². The van der Waals surface area contributed by atoms with Crippen molar-refractivity contribution in [1.82, 2.24) is 4.98 Å². The van der Waals surface area contributed by atoms with E-state index in [-0.39, 0.29) is 10.0 Å². The maximum Gasteiger partial charge on any atom is 0.161 e. The van der Waals surface area contributed by atoms with Gasteiger partial charge in [-0.3, -0.25) is 4.98 Å². The third-order valence-corrected chi connectivity index (χ3v) is 2.02. The van der Waals surface area contributed by atoms with E-state index in [1.807, 2.05) is 0 Å². The fourth-order valence-electron chi connectivity index (χ4n) is 0.531. The van der Waals surface area contributed by atoms with Crippen molar-refractivity contribution < 1.29 is 4.39 Å². The van der Waals surface area contributed by atoms with E-state index in [1.165, 1.54) is 0 Å². The van der Waals surface area contributed by atoms with Gasteiger partial charge in [-0.05, 0) is 6.92 Å². The summed E-state index contributed by atoms with van der Waals surface area (Å²) in [6.45, 7) is 1.66. The first-order chi connectivity index (χ1) is 4.63. The molecule has 1 nitrogen and oxygen atoms in total. The third kappa shape index (κ3) is 1.22. The van der Waals surface area contributed by atoms with Crippen molar-refractivity contribution in [2.45, 2.75) is 6.92 Å². The molecule has 0 fully saturated rings. The SMILES string of the molecule is Cc1ncc(F)c(Cl)c1Cl. The van der Waals surface area contributed by atoms with Gasteiger partial charge in [0, 0.05) is 0 Å². The molecule has 0 aliphatic heterocycles. The summed E-state index contributed by atoms with van der Waals surface area (Å²) in [6, 6.07) is 0. The van der Waals surface area contributed by atoms with Crippen LogP contribution in [0.3, 0.4) is 0 Å². The second-order valence-corrected chi connectivity index (χ2v) is 2.58. The fourth-order valence-corrected chi connectivity index (χ4v) is 0.855. The Balaban J connectivity index is 3.34. The molecule has 0 saturated heterocycles. The predicted molar refractivity (Wildman–Crippen MR) is 39.0 cm³/mol. The molecule has 0 unspecified atom stereocenters. The van der Waals surface area contributed by atoms with E-state index in [1.54, 1.807) is 6.92 Å². The standard InChI is InChI=1S/C6H4Cl2FN/c1-3-5(7)6(8)4(9)2-10-3/h2H,1H3. The van der Waals surface area contributed by atoms with E-state index in [2.05, 4.69) is 4.98 Å². The van der Waals surface area contributed by atoms with Crippen molar-refractivity contribution in [2.24, 2.45) is 0 Å². The Morgan fingerprint density at radius 2 is 2.00 bits per heavy atom. The smallest absolute Gasteiger partial charge is 0.161 e. The zero-order valence-corrected chi connectivity index (χ0v) is 6.67. The van der Waals surface area contributed by atoms with Gasteiger partial charge < -0.3 is 0 Å². The van der Waals surface area contributed by atoms with E-state index in [4.69, 9.17) is 23.2 Å². The fraction of sp³-hybridized carbons (Fsp3) is 0.167. The number of aromatic nitrogens is 1. The Labute approximate surface area is 67.8 Å². The van der Waals surface area contributed by atoms with Crippen LogP contribution in [0.1, 0.15) is 5.69 Å². The molecule has 0 atom stereocenters. The Kier molecular flexibility index (Phi) is 2.11. The highest BCUT2D eigenvalue weighted by molar-refractivity contribution is 6.42. The first-order valence-electron chi connectivity index (χ1n) is 2.59. The quantitative estimate of drug-likeness (QED) is 0.598. The highest BCUT2D eigenvalue weighted by Crippen LogP contribution is 2.25. The average Bonchev–Trinajstić information content (AvgIpc) is 1.93. The Morgan fingerprint density at radius 3 is 2.50 bits per heavy atom. The molecule has 0 bridgehead atoms. The van der Waals surface area contributed by atoms with Gasteiger partial charge in [-0.25, -0.2) is 4.39 Å². The zero-order valence-electron chi connectivity index (χ0n) is 5.16. The normalized spacial score (nSPS) is 10.0. The van der Waals surface area contributed by atoms with Gasteiger partial charge in [0.2, 0.25) is 0 Å². The van der Waals surface area contributed by atoms with Crippen molar-refractivity contribution in [2.75, 3.05) is 0 Å². The minimum absolute atomic E-state index is 0.0610. The van der Waals surface area contributed by atoms with E-state index in [9.17, 15) is 4.39 Å². The van der Waals surface area contributed by atoms with Gasteiger partial charge in [-0.2, -0.15) is 0 Å². The van der Waals surface area contributed by atoms with Crippen LogP contribution in [0, 0.1) is 12.7 Å². The minimum Gasteiger partial charge on any atom is -0.257 e. The van der Waals surface area contributed by atoms with Crippen molar-refractivity contribution in [3.63, 3.8) is 0 Å². The number of aryl methyl sites for hydroxylation is 1. The topological polar surface area (TPSA) is 12.9 Å². The molecule has 0 radical (unpaired) electrons. The molecule has 0 saturated carbocycles. The van der Waals surface area contributed by atoms with Gasteiger partial charge in [-0.15, -0.1) is 0 Å². The highest BCUT2D eigenvalue weighted by Gasteiger charge is 2.06. The van der Waals surface area contributed by atoms with Crippen LogP contribution in [0.25, 0.3) is 0 Å². The van der Waals surface area contributed by atoms with Crippen molar-refractivity contribution in [3.8, 4) is 0 Å². The maximum absolute atomic E-state index is 12.5. The van der Waals surface area contributed by atoms with Gasteiger partial charge in [0.1, 0.15) is 0 Å². The van der Waals surface area contributed by atoms with Gasteiger partial charge in [0.15, 0.2) is 5.82 Å². The Morgan fingerprint density at radius 1 is 1.40 bits per heavy atom. The van der Waals surface area contributed by atoms with E-state index in [0.29, 0.717) is 5.69 Å². The van der Waals surface area contributed by atoms with Gasteiger partial charge >= 0.3 is 0 Å². The second kappa shape index (κ2) is 2.72. The number of pyridine rings is 1. The monoisotopic (exact) mass is 179 g/mol. The molecule has 0 amide bonds. The molecule has 1 aromatic heterocycles. The molecular formula is C6H4Cl2FN. The first kappa shape index (κ1) is 7.76. The summed E-state index contributed by atoms with van der Waals surface area (Å²) in [5, 5.41) is 0.121. The molecule has 1 aromatic rings. The van der Waals surface area contributed by atoms with Gasteiger partial charge in [0.25, 0.3) is 0 Å². The molecular weight excluding hydrogens is 176 g/mol. The molecule has 54 valence electrons. The number of rotatable bonds is 0. The van der Waals surface area contributed by atoms with Crippen LogP contribution in [-0.4, -0.2) is 4.98 Å².